The van der Waals surface area contributed by atoms with Crippen molar-refractivity contribution in [2.45, 2.75) is 12.8 Å². The maximum absolute atomic E-state index is 11.5. The van der Waals surface area contributed by atoms with Gasteiger partial charge in [-0.15, -0.1) is 0 Å². The maximum Gasteiger partial charge on any atom is 0.325 e. The van der Waals surface area contributed by atoms with Crippen LogP contribution in [-0.2, 0) is 20.7 Å². The number of imidazole rings is 1. The van der Waals surface area contributed by atoms with Crippen molar-refractivity contribution in [1.29, 1.82) is 0 Å². The highest BCUT2D eigenvalue weighted by Gasteiger charge is 2.07. The number of ether oxygens (including phenoxy) is 1. The number of aromatic nitrogens is 2. The first-order valence-electron chi connectivity index (χ1n) is 5.96. The van der Waals surface area contributed by atoms with E-state index in [-0.39, 0.29) is 18.9 Å². The Hall–Kier alpha value is -2.37. The minimum absolute atomic E-state index is 0.102. The summed E-state index contributed by atoms with van der Waals surface area (Å²) >= 11 is 0. The van der Waals surface area contributed by atoms with Crippen LogP contribution in [0.3, 0.4) is 0 Å². The molecule has 1 amide bonds. The number of rotatable bonds is 5. The zero-order chi connectivity index (χ0) is 13.7. The minimum Gasteiger partial charge on any atom is -0.468 e. The van der Waals surface area contributed by atoms with Gasteiger partial charge in [0.05, 0.1) is 18.1 Å². The lowest BCUT2D eigenvalue weighted by atomic mass is 10.3. The Morgan fingerprint density at radius 3 is 2.89 bits per heavy atom. The van der Waals surface area contributed by atoms with Gasteiger partial charge < -0.3 is 15.0 Å². The molecule has 6 heteroatoms. The molecule has 0 aliphatic heterocycles. The summed E-state index contributed by atoms with van der Waals surface area (Å²) in [6, 6.07) is 7.68. The Morgan fingerprint density at radius 2 is 2.16 bits per heavy atom. The second-order valence-corrected chi connectivity index (χ2v) is 4.05. The van der Waals surface area contributed by atoms with Crippen LogP contribution in [0.4, 0.5) is 0 Å². The van der Waals surface area contributed by atoms with E-state index in [0.29, 0.717) is 6.42 Å². The lowest BCUT2D eigenvalue weighted by Gasteiger charge is -2.02. The summed E-state index contributed by atoms with van der Waals surface area (Å²) in [5.41, 5.74) is 1.83. The van der Waals surface area contributed by atoms with Crippen LogP contribution in [0, 0.1) is 0 Å². The van der Waals surface area contributed by atoms with E-state index in [9.17, 15) is 9.59 Å². The summed E-state index contributed by atoms with van der Waals surface area (Å²) in [7, 11) is 1.28. The van der Waals surface area contributed by atoms with Gasteiger partial charge in [0.2, 0.25) is 5.91 Å². The number of methoxy groups -OCH3 is 1. The second-order valence-electron chi connectivity index (χ2n) is 4.05. The highest BCUT2D eigenvalue weighted by molar-refractivity contribution is 5.82. The van der Waals surface area contributed by atoms with E-state index >= 15 is 0 Å². The molecule has 100 valence electrons. The van der Waals surface area contributed by atoms with Gasteiger partial charge in [-0.25, -0.2) is 4.98 Å². The normalized spacial score (nSPS) is 10.4. The molecular weight excluding hydrogens is 246 g/mol. The molecule has 0 bridgehead atoms. The Bertz CT molecular complexity index is 559. The Morgan fingerprint density at radius 1 is 1.37 bits per heavy atom. The van der Waals surface area contributed by atoms with E-state index in [4.69, 9.17) is 0 Å². The van der Waals surface area contributed by atoms with Gasteiger partial charge in [0, 0.05) is 12.8 Å². The molecule has 0 aliphatic carbocycles. The van der Waals surface area contributed by atoms with Crippen LogP contribution in [0.2, 0.25) is 0 Å². The quantitative estimate of drug-likeness (QED) is 0.779. The summed E-state index contributed by atoms with van der Waals surface area (Å²) in [4.78, 5) is 29.9. The summed E-state index contributed by atoms with van der Waals surface area (Å²) in [5, 5.41) is 2.48. The average Bonchev–Trinajstić information content (AvgIpc) is 2.85. The molecule has 1 heterocycles. The molecule has 0 radical (unpaired) electrons. The molecular formula is C13H15N3O3. The predicted octanol–water partition coefficient (Wildman–Crippen LogP) is 0.785. The van der Waals surface area contributed by atoms with E-state index < -0.39 is 5.97 Å². The average molecular weight is 261 g/mol. The predicted molar refractivity (Wildman–Crippen MR) is 69.4 cm³/mol. The number of hydrogen-bond acceptors (Lipinski definition) is 4. The van der Waals surface area contributed by atoms with Crippen molar-refractivity contribution in [2.24, 2.45) is 0 Å². The van der Waals surface area contributed by atoms with Crippen molar-refractivity contribution < 1.29 is 14.3 Å². The van der Waals surface area contributed by atoms with E-state index in [1.165, 1.54) is 7.11 Å². The highest BCUT2D eigenvalue weighted by Crippen LogP contribution is 2.11. The van der Waals surface area contributed by atoms with Crippen LogP contribution in [-0.4, -0.2) is 35.5 Å². The van der Waals surface area contributed by atoms with Gasteiger partial charge >= 0.3 is 5.97 Å². The van der Waals surface area contributed by atoms with E-state index in [1.54, 1.807) is 0 Å². The van der Waals surface area contributed by atoms with Gasteiger partial charge in [-0.2, -0.15) is 0 Å². The van der Waals surface area contributed by atoms with Crippen LogP contribution in [0.15, 0.2) is 24.3 Å². The fourth-order valence-corrected chi connectivity index (χ4v) is 1.69. The van der Waals surface area contributed by atoms with Gasteiger partial charge in [0.25, 0.3) is 0 Å². The number of carbonyl (C=O) groups is 2. The fraction of sp³-hybridized carbons (Fsp3) is 0.308. The Kier molecular flexibility index (Phi) is 4.12. The lowest BCUT2D eigenvalue weighted by Crippen LogP contribution is -2.30. The fourth-order valence-electron chi connectivity index (χ4n) is 1.69. The summed E-state index contributed by atoms with van der Waals surface area (Å²) in [6.07, 6.45) is 0.776. The van der Waals surface area contributed by atoms with E-state index in [1.807, 2.05) is 24.3 Å². The lowest BCUT2D eigenvalue weighted by molar-refractivity contribution is -0.141. The van der Waals surface area contributed by atoms with Crippen LogP contribution < -0.4 is 5.32 Å². The SMILES string of the molecule is COC(=O)CNC(=O)CCc1nc2ccccc2[nH]1. The topological polar surface area (TPSA) is 84.1 Å². The highest BCUT2D eigenvalue weighted by atomic mass is 16.5. The number of aromatic amines is 1. The summed E-state index contributed by atoms with van der Waals surface area (Å²) in [5.74, 6) is 0.0948. The number of H-pyrrole nitrogens is 1. The Balaban J connectivity index is 1.84. The monoisotopic (exact) mass is 261 g/mol. The molecule has 2 aromatic rings. The molecule has 0 aliphatic rings. The zero-order valence-electron chi connectivity index (χ0n) is 10.6. The first kappa shape index (κ1) is 13.1. The molecule has 19 heavy (non-hydrogen) atoms. The maximum atomic E-state index is 11.5. The standard InChI is InChI=1S/C13H15N3O3/c1-19-13(18)8-14-12(17)7-6-11-15-9-4-2-3-5-10(9)16-11/h2-5H,6-8H2,1H3,(H,14,17)(H,15,16). The number of carbonyl (C=O) groups excluding carboxylic acids is 2. The molecule has 6 nitrogen and oxygen atoms in total. The van der Waals surface area contributed by atoms with Gasteiger partial charge in [0.1, 0.15) is 12.4 Å². The number of para-hydroxylation sites is 2. The van der Waals surface area contributed by atoms with Crippen molar-refractivity contribution in [1.82, 2.24) is 15.3 Å². The van der Waals surface area contributed by atoms with Gasteiger partial charge in [-0.1, -0.05) is 12.1 Å². The van der Waals surface area contributed by atoms with Crippen LogP contribution >= 0.6 is 0 Å². The molecule has 0 unspecified atom stereocenters. The minimum atomic E-state index is -0.461. The molecule has 0 atom stereocenters. The number of amides is 1. The van der Waals surface area contributed by atoms with Crippen molar-refractivity contribution in [3.63, 3.8) is 0 Å². The number of esters is 1. The second kappa shape index (κ2) is 5.99. The first-order chi connectivity index (χ1) is 9.19. The molecule has 1 aromatic heterocycles. The number of hydrogen-bond donors (Lipinski definition) is 2. The Labute approximate surface area is 110 Å². The molecule has 0 fully saturated rings. The smallest absolute Gasteiger partial charge is 0.325 e. The summed E-state index contributed by atoms with van der Waals surface area (Å²) in [6.45, 7) is -0.102. The molecule has 2 rings (SSSR count). The van der Waals surface area contributed by atoms with E-state index in [2.05, 4.69) is 20.0 Å². The molecule has 0 saturated heterocycles. The van der Waals surface area contributed by atoms with Crippen molar-refractivity contribution >= 4 is 22.9 Å². The van der Waals surface area contributed by atoms with Crippen molar-refractivity contribution in [2.75, 3.05) is 13.7 Å². The zero-order valence-corrected chi connectivity index (χ0v) is 10.6. The molecule has 1 aromatic carbocycles. The van der Waals surface area contributed by atoms with Crippen LogP contribution in [0.25, 0.3) is 11.0 Å². The number of nitrogens with one attached hydrogen (secondary N) is 2. The third kappa shape index (κ3) is 3.54. The number of aryl methyl sites for hydroxylation is 1. The van der Waals surface area contributed by atoms with Gasteiger partial charge in [0.15, 0.2) is 0 Å². The number of benzene rings is 1. The first-order valence-corrected chi connectivity index (χ1v) is 5.96. The molecule has 0 saturated carbocycles. The van der Waals surface area contributed by atoms with E-state index in [0.717, 1.165) is 16.9 Å². The van der Waals surface area contributed by atoms with Crippen LogP contribution in [0.1, 0.15) is 12.2 Å². The van der Waals surface area contributed by atoms with Gasteiger partial charge in [-0.05, 0) is 12.1 Å². The van der Waals surface area contributed by atoms with Gasteiger partial charge in [-0.3, -0.25) is 9.59 Å². The third-order valence-corrected chi connectivity index (χ3v) is 2.68. The number of fused-ring (bicyclic) bond motifs is 1. The summed E-state index contributed by atoms with van der Waals surface area (Å²) < 4.78 is 4.43. The molecule has 0 spiro atoms. The largest absolute Gasteiger partial charge is 0.468 e. The van der Waals surface area contributed by atoms with Crippen LogP contribution in [0.5, 0.6) is 0 Å². The third-order valence-electron chi connectivity index (χ3n) is 2.68. The molecule has 2 N–H and O–H groups in total. The van der Waals surface area contributed by atoms with Crippen molar-refractivity contribution in [3.05, 3.63) is 30.1 Å². The van der Waals surface area contributed by atoms with Crippen molar-refractivity contribution in [3.8, 4) is 0 Å². The number of nitrogens with zero attached hydrogens (tertiary/aromatic N) is 1.